The van der Waals surface area contributed by atoms with Gasteiger partial charge in [0.15, 0.2) is 0 Å². The van der Waals surface area contributed by atoms with Crippen LogP contribution in [0.25, 0.3) is 21.5 Å². The maximum Gasteiger partial charge on any atom is -0.0116 e. The summed E-state index contributed by atoms with van der Waals surface area (Å²) in [6.45, 7) is 8.90. The molecule has 0 aliphatic rings. The van der Waals surface area contributed by atoms with Crippen LogP contribution in [0, 0.1) is 27.7 Å². The Morgan fingerprint density at radius 3 is 1.33 bits per heavy atom. The summed E-state index contributed by atoms with van der Waals surface area (Å²) >= 11 is 0. The molecule has 0 atom stereocenters. The first-order valence-corrected chi connectivity index (χ1v) is 6.49. The van der Waals surface area contributed by atoms with Gasteiger partial charge in [-0.15, -0.1) is 0 Å². The van der Waals surface area contributed by atoms with E-state index in [1.165, 1.54) is 43.8 Å². The molecule has 0 heteroatoms. The third-order valence-electron chi connectivity index (χ3n) is 4.10. The normalized spacial score (nSPS) is 11.3. The van der Waals surface area contributed by atoms with E-state index in [9.17, 15) is 0 Å². The Morgan fingerprint density at radius 1 is 0.556 bits per heavy atom. The van der Waals surface area contributed by atoms with Crippen LogP contribution in [0.4, 0.5) is 0 Å². The fourth-order valence-corrected chi connectivity index (χ4v) is 3.23. The molecular formula is C18H18. The quantitative estimate of drug-likeness (QED) is 0.467. The molecule has 0 saturated heterocycles. The van der Waals surface area contributed by atoms with Gasteiger partial charge in [-0.1, -0.05) is 36.4 Å². The SMILES string of the molecule is Cc1cccc2c(C)c3c(C)cccc3c(C)c12. The summed E-state index contributed by atoms with van der Waals surface area (Å²) in [6.07, 6.45) is 0. The van der Waals surface area contributed by atoms with Crippen molar-refractivity contribution in [1.29, 1.82) is 0 Å². The van der Waals surface area contributed by atoms with Crippen LogP contribution >= 0.6 is 0 Å². The second-order valence-corrected chi connectivity index (χ2v) is 5.24. The van der Waals surface area contributed by atoms with Crippen molar-refractivity contribution in [3.8, 4) is 0 Å². The van der Waals surface area contributed by atoms with Gasteiger partial charge in [0.25, 0.3) is 0 Å². The van der Waals surface area contributed by atoms with Gasteiger partial charge < -0.3 is 0 Å². The summed E-state index contributed by atoms with van der Waals surface area (Å²) in [5.41, 5.74) is 5.56. The van der Waals surface area contributed by atoms with E-state index in [0.717, 1.165) is 0 Å². The first-order valence-electron chi connectivity index (χ1n) is 6.49. The van der Waals surface area contributed by atoms with Gasteiger partial charge in [0.2, 0.25) is 0 Å². The van der Waals surface area contributed by atoms with Crippen LogP contribution in [0.1, 0.15) is 22.3 Å². The molecular weight excluding hydrogens is 216 g/mol. The van der Waals surface area contributed by atoms with Crippen LogP contribution in [-0.2, 0) is 0 Å². The average Bonchev–Trinajstić information content (AvgIpc) is 2.35. The summed E-state index contributed by atoms with van der Waals surface area (Å²) in [4.78, 5) is 0. The van der Waals surface area contributed by atoms with Gasteiger partial charge in [0, 0.05) is 0 Å². The van der Waals surface area contributed by atoms with Gasteiger partial charge in [-0.2, -0.15) is 0 Å². The third-order valence-corrected chi connectivity index (χ3v) is 4.10. The molecule has 0 N–H and O–H groups in total. The lowest BCUT2D eigenvalue weighted by molar-refractivity contribution is 1.44. The van der Waals surface area contributed by atoms with Gasteiger partial charge in [0.1, 0.15) is 0 Å². The molecule has 3 aromatic rings. The summed E-state index contributed by atoms with van der Waals surface area (Å²) in [6, 6.07) is 13.2. The summed E-state index contributed by atoms with van der Waals surface area (Å²) in [5, 5.41) is 5.64. The van der Waals surface area contributed by atoms with Crippen molar-refractivity contribution in [2.75, 3.05) is 0 Å². The van der Waals surface area contributed by atoms with E-state index in [2.05, 4.69) is 64.1 Å². The monoisotopic (exact) mass is 234 g/mol. The zero-order chi connectivity index (χ0) is 12.9. The molecule has 90 valence electrons. The van der Waals surface area contributed by atoms with Crippen molar-refractivity contribution in [2.24, 2.45) is 0 Å². The van der Waals surface area contributed by atoms with Crippen LogP contribution < -0.4 is 0 Å². The van der Waals surface area contributed by atoms with Crippen LogP contribution in [0.5, 0.6) is 0 Å². The number of rotatable bonds is 0. The molecule has 0 heterocycles. The van der Waals surface area contributed by atoms with E-state index < -0.39 is 0 Å². The average molecular weight is 234 g/mol. The minimum absolute atomic E-state index is 1.37. The van der Waals surface area contributed by atoms with Crippen molar-refractivity contribution in [3.63, 3.8) is 0 Å². The van der Waals surface area contributed by atoms with Crippen LogP contribution in [0.2, 0.25) is 0 Å². The van der Waals surface area contributed by atoms with E-state index in [1.54, 1.807) is 0 Å². The smallest absolute Gasteiger partial charge is 0.0116 e. The largest absolute Gasteiger partial charge is 0.0614 e. The molecule has 3 aromatic carbocycles. The van der Waals surface area contributed by atoms with Gasteiger partial charge in [-0.05, 0) is 71.5 Å². The van der Waals surface area contributed by atoms with Crippen molar-refractivity contribution in [2.45, 2.75) is 27.7 Å². The van der Waals surface area contributed by atoms with Crippen LogP contribution in [0.15, 0.2) is 36.4 Å². The van der Waals surface area contributed by atoms with E-state index in [1.807, 2.05) is 0 Å². The maximum absolute atomic E-state index is 2.25. The molecule has 3 rings (SSSR count). The van der Waals surface area contributed by atoms with Crippen molar-refractivity contribution in [1.82, 2.24) is 0 Å². The number of aryl methyl sites for hydroxylation is 4. The predicted molar refractivity (Wildman–Crippen MR) is 80.4 cm³/mol. The molecule has 0 saturated carbocycles. The molecule has 0 aliphatic heterocycles. The minimum Gasteiger partial charge on any atom is -0.0614 e. The summed E-state index contributed by atoms with van der Waals surface area (Å²) in [5.74, 6) is 0. The predicted octanol–water partition coefficient (Wildman–Crippen LogP) is 5.23. The second kappa shape index (κ2) is 3.84. The van der Waals surface area contributed by atoms with E-state index in [-0.39, 0.29) is 0 Å². The Labute approximate surface area is 108 Å². The van der Waals surface area contributed by atoms with Crippen LogP contribution in [0.3, 0.4) is 0 Å². The minimum atomic E-state index is 1.37. The Bertz CT molecular complexity index is 696. The molecule has 0 aromatic heterocycles. The molecule has 0 fully saturated rings. The second-order valence-electron chi connectivity index (χ2n) is 5.24. The van der Waals surface area contributed by atoms with Crippen molar-refractivity contribution >= 4 is 21.5 Å². The van der Waals surface area contributed by atoms with Crippen molar-refractivity contribution in [3.05, 3.63) is 58.7 Å². The number of hydrogen-bond acceptors (Lipinski definition) is 0. The summed E-state index contributed by atoms with van der Waals surface area (Å²) < 4.78 is 0. The lowest BCUT2D eigenvalue weighted by Crippen LogP contribution is -1.92. The fraction of sp³-hybridized carbons (Fsp3) is 0.222. The molecule has 18 heavy (non-hydrogen) atoms. The Morgan fingerprint density at radius 2 is 0.944 bits per heavy atom. The highest BCUT2D eigenvalue weighted by Gasteiger charge is 2.11. The van der Waals surface area contributed by atoms with E-state index in [0.29, 0.717) is 0 Å². The highest BCUT2D eigenvalue weighted by atomic mass is 14.1. The number of fused-ring (bicyclic) bond motifs is 2. The van der Waals surface area contributed by atoms with Gasteiger partial charge in [-0.3, -0.25) is 0 Å². The lowest BCUT2D eigenvalue weighted by Gasteiger charge is -2.15. The zero-order valence-corrected chi connectivity index (χ0v) is 11.5. The molecule has 0 nitrogen and oxygen atoms in total. The van der Waals surface area contributed by atoms with E-state index in [4.69, 9.17) is 0 Å². The van der Waals surface area contributed by atoms with Gasteiger partial charge in [-0.25, -0.2) is 0 Å². The number of benzene rings is 3. The molecule has 0 amide bonds. The first kappa shape index (κ1) is 11.3. The Balaban J connectivity index is 2.70. The molecule has 0 aliphatic carbocycles. The fourth-order valence-electron chi connectivity index (χ4n) is 3.23. The van der Waals surface area contributed by atoms with Crippen LogP contribution in [-0.4, -0.2) is 0 Å². The Hall–Kier alpha value is -1.82. The zero-order valence-electron chi connectivity index (χ0n) is 11.5. The molecule has 0 bridgehead atoms. The molecule has 0 spiro atoms. The first-order chi connectivity index (χ1) is 8.61. The lowest BCUT2D eigenvalue weighted by atomic mass is 9.89. The highest BCUT2D eigenvalue weighted by Crippen LogP contribution is 2.35. The van der Waals surface area contributed by atoms with Gasteiger partial charge >= 0.3 is 0 Å². The standard InChI is InChI=1S/C18H18/c1-11-7-5-9-15-14(4)18-12(2)8-6-10-16(18)13(3)17(11)15/h5-10H,1-4H3. The Kier molecular flexibility index (Phi) is 2.41. The van der Waals surface area contributed by atoms with Crippen molar-refractivity contribution < 1.29 is 0 Å². The molecule has 0 unspecified atom stereocenters. The van der Waals surface area contributed by atoms with E-state index >= 15 is 0 Å². The molecule has 0 radical (unpaired) electrons. The third kappa shape index (κ3) is 1.38. The number of hydrogen-bond donors (Lipinski definition) is 0. The van der Waals surface area contributed by atoms with Gasteiger partial charge in [0.05, 0.1) is 0 Å². The maximum atomic E-state index is 2.25. The summed E-state index contributed by atoms with van der Waals surface area (Å²) in [7, 11) is 0. The highest BCUT2D eigenvalue weighted by molar-refractivity contribution is 6.07. The topological polar surface area (TPSA) is 0 Å².